The summed E-state index contributed by atoms with van der Waals surface area (Å²) in [5.74, 6) is 0.116. The third-order valence-electron chi connectivity index (χ3n) is 6.34. The summed E-state index contributed by atoms with van der Waals surface area (Å²) in [6.45, 7) is 5.99. The standard InChI is InChI=1S/C26H32FN3O2/c1-19(21-5-3-2-4-6-21)29-26(31)16-23-9-8-22(17-28-23)24-10-7-20(15-25(24)27)18-30-11-13-32-14-12-30/h3,5,7-10,15,17,19,21H,2,4,6,11-14,16,18H2,1H3,(H,29,31)/t19-,21?/m0/s1. The van der Waals surface area contributed by atoms with E-state index in [4.69, 9.17) is 4.74 Å². The molecule has 0 spiro atoms. The van der Waals surface area contributed by atoms with E-state index in [1.54, 1.807) is 18.3 Å². The quantitative estimate of drug-likeness (QED) is 0.662. The zero-order valence-electron chi connectivity index (χ0n) is 18.7. The summed E-state index contributed by atoms with van der Waals surface area (Å²) >= 11 is 0. The number of morpholine rings is 1. The maximum absolute atomic E-state index is 14.8. The van der Waals surface area contributed by atoms with Crippen LogP contribution in [0.3, 0.4) is 0 Å². The van der Waals surface area contributed by atoms with E-state index in [-0.39, 0.29) is 24.2 Å². The van der Waals surface area contributed by atoms with Gasteiger partial charge in [0, 0.05) is 48.7 Å². The first-order chi connectivity index (χ1) is 15.6. The number of nitrogens with one attached hydrogen (secondary N) is 1. The van der Waals surface area contributed by atoms with Crippen molar-refractivity contribution in [2.24, 2.45) is 5.92 Å². The smallest absolute Gasteiger partial charge is 0.226 e. The minimum Gasteiger partial charge on any atom is -0.379 e. The van der Waals surface area contributed by atoms with Crippen LogP contribution in [0.5, 0.6) is 0 Å². The van der Waals surface area contributed by atoms with E-state index in [1.165, 1.54) is 6.42 Å². The normalized spacial score (nSPS) is 20.1. The van der Waals surface area contributed by atoms with Crippen LogP contribution in [-0.4, -0.2) is 48.1 Å². The molecule has 0 radical (unpaired) electrons. The zero-order valence-corrected chi connectivity index (χ0v) is 18.7. The summed E-state index contributed by atoms with van der Waals surface area (Å²) in [7, 11) is 0. The van der Waals surface area contributed by atoms with Crippen molar-refractivity contribution in [1.82, 2.24) is 15.2 Å². The predicted octanol–water partition coefficient (Wildman–Crippen LogP) is 4.12. The average molecular weight is 438 g/mol. The lowest BCUT2D eigenvalue weighted by Gasteiger charge is -2.26. The lowest BCUT2D eigenvalue weighted by atomic mass is 9.90. The van der Waals surface area contributed by atoms with Crippen LogP contribution in [0, 0.1) is 11.7 Å². The van der Waals surface area contributed by atoms with Gasteiger partial charge in [-0.3, -0.25) is 14.7 Å². The Bertz CT molecular complexity index is 939. The van der Waals surface area contributed by atoms with E-state index in [1.807, 2.05) is 18.2 Å². The fourth-order valence-corrected chi connectivity index (χ4v) is 4.43. The molecule has 1 saturated heterocycles. The van der Waals surface area contributed by atoms with Gasteiger partial charge in [-0.2, -0.15) is 0 Å². The minimum atomic E-state index is -0.252. The molecule has 2 heterocycles. The van der Waals surface area contributed by atoms with Gasteiger partial charge >= 0.3 is 0 Å². The molecule has 5 nitrogen and oxygen atoms in total. The monoisotopic (exact) mass is 437 g/mol. The van der Waals surface area contributed by atoms with Crippen LogP contribution in [0.15, 0.2) is 48.7 Å². The largest absolute Gasteiger partial charge is 0.379 e. The van der Waals surface area contributed by atoms with E-state index in [2.05, 4.69) is 34.3 Å². The van der Waals surface area contributed by atoms with Crippen LogP contribution in [0.25, 0.3) is 11.1 Å². The molecule has 1 aliphatic heterocycles. The van der Waals surface area contributed by atoms with Crippen molar-refractivity contribution >= 4 is 5.91 Å². The number of ether oxygens (including phenoxy) is 1. The van der Waals surface area contributed by atoms with Gasteiger partial charge in [-0.15, -0.1) is 0 Å². The summed E-state index contributed by atoms with van der Waals surface area (Å²) in [6.07, 6.45) is 9.70. The van der Waals surface area contributed by atoms with Gasteiger partial charge in [0.15, 0.2) is 0 Å². The van der Waals surface area contributed by atoms with Gasteiger partial charge in [0.1, 0.15) is 5.82 Å². The molecular weight excluding hydrogens is 405 g/mol. The highest BCUT2D eigenvalue weighted by Crippen LogP contribution is 2.24. The second-order valence-electron chi connectivity index (χ2n) is 8.80. The molecule has 6 heteroatoms. The van der Waals surface area contributed by atoms with Crippen LogP contribution >= 0.6 is 0 Å². The molecule has 170 valence electrons. The number of hydrogen-bond acceptors (Lipinski definition) is 4. The number of pyridine rings is 1. The molecule has 2 aliphatic rings. The minimum absolute atomic E-state index is 0.0321. The predicted molar refractivity (Wildman–Crippen MR) is 124 cm³/mol. The summed E-state index contributed by atoms with van der Waals surface area (Å²) in [5.41, 5.74) is 2.88. The summed E-state index contributed by atoms with van der Waals surface area (Å²) in [5, 5.41) is 3.09. The number of nitrogens with zero attached hydrogens (tertiary/aromatic N) is 2. The van der Waals surface area contributed by atoms with Crippen LogP contribution in [0.1, 0.15) is 37.4 Å². The Balaban J connectivity index is 1.34. The highest BCUT2D eigenvalue weighted by atomic mass is 19.1. The van der Waals surface area contributed by atoms with Crippen LogP contribution < -0.4 is 5.32 Å². The molecule has 1 aliphatic carbocycles. The van der Waals surface area contributed by atoms with Gasteiger partial charge in [0.25, 0.3) is 0 Å². The number of amides is 1. The third kappa shape index (κ3) is 6.02. The molecule has 1 aromatic carbocycles. The number of rotatable bonds is 7. The molecule has 32 heavy (non-hydrogen) atoms. The number of benzene rings is 1. The molecule has 2 aromatic rings. The maximum atomic E-state index is 14.8. The van der Waals surface area contributed by atoms with Crippen molar-refractivity contribution in [1.29, 1.82) is 0 Å². The Morgan fingerprint density at radius 3 is 2.81 bits per heavy atom. The lowest BCUT2D eigenvalue weighted by Crippen LogP contribution is -2.38. The van der Waals surface area contributed by atoms with Crippen molar-refractivity contribution in [2.45, 2.75) is 45.2 Å². The number of halogens is 1. The highest BCUT2D eigenvalue weighted by Gasteiger charge is 2.19. The topological polar surface area (TPSA) is 54.5 Å². The number of aromatic nitrogens is 1. The molecular formula is C26H32FN3O2. The van der Waals surface area contributed by atoms with E-state index >= 15 is 0 Å². The number of carbonyl (C=O) groups excluding carboxylic acids is 1. The van der Waals surface area contributed by atoms with E-state index in [9.17, 15) is 9.18 Å². The molecule has 0 saturated carbocycles. The summed E-state index contributed by atoms with van der Waals surface area (Å²) < 4.78 is 20.1. The second-order valence-corrected chi connectivity index (χ2v) is 8.80. The van der Waals surface area contributed by atoms with Gasteiger partial charge in [0.05, 0.1) is 19.6 Å². The summed E-state index contributed by atoms with van der Waals surface area (Å²) in [6, 6.07) is 9.14. The van der Waals surface area contributed by atoms with Gasteiger partial charge in [0.2, 0.25) is 5.91 Å². The fourth-order valence-electron chi connectivity index (χ4n) is 4.43. The molecule has 1 amide bonds. The van der Waals surface area contributed by atoms with Crippen molar-refractivity contribution < 1.29 is 13.9 Å². The Morgan fingerprint density at radius 2 is 2.12 bits per heavy atom. The fraction of sp³-hybridized carbons (Fsp3) is 0.462. The molecule has 1 unspecified atom stereocenters. The lowest BCUT2D eigenvalue weighted by molar-refractivity contribution is -0.121. The van der Waals surface area contributed by atoms with Gasteiger partial charge < -0.3 is 10.1 Å². The highest BCUT2D eigenvalue weighted by molar-refractivity contribution is 5.78. The molecule has 1 aromatic heterocycles. The Kier molecular flexibility index (Phi) is 7.66. The number of carbonyl (C=O) groups is 1. The molecule has 2 atom stereocenters. The van der Waals surface area contributed by atoms with Crippen molar-refractivity contribution in [3.05, 3.63) is 65.8 Å². The molecule has 4 rings (SSSR count). The Hall–Kier alpha value is -2.57. The number of hydrogen-bond donors (Lipinski definition) is 1. The molecule has 0 bridgehead atoms. The summed E-state index contributed by atoms with van der Waals surface area (Å²) in [4.78, 5) is 19.1. The van der Waals surface area contributed by atoms with Crippen molar-refractivity contribution in [3.63, 3.8) is 0 Å². The Morgan fingerprint density at radius 1 is 1.28 bits per heavy atom. The van der Waals surface area contributed by atoms with E-state index in [0.29, 0.717) is 22.7 Å². The van der Waals surface area contributed by atoms with Gasteiger partial charge in [-0.1, -0.05) is 30.4 Å². The first kappa shape index (κ1) is 22.6. The Labute approximate surface area is 189 Å². The van der Waals surface area contributed by atoms with Crippen LogP contribution in [-0.2, 0) is 22.5 Å². The third-order valence-corrected chi connectivity index (χ3v) is 6.34. The first-order valence-electron chi connectivity index (χ1n) is 11.6. The van der Waals surface area contributed by atoms with Gasteiger partial charge in [-0.25, -0.2) is 4.39 Å². The first-order valence-corrected chi connectivity index (χ1v) is 11.6. The number of allylic oxidation sites excluding steroid dienone is 1. The van der Waals surface area contributed by atoms with Crippen molar-refractivity contribution in [2.75, 3.05) is 26.3 Å². The van der Waals surface area contributed by atoms with Crippen LogP contribution in [0.4, 0.5) is 4.39 Å². The maximum Gasteiger partial charge on any atom is 0.226 e. The van der Waals surface area contributed by atoms with Crippen molar-refractivity contribution in [3.8, 4) is 11.1 Å². The zero-order chi connectivity index (χ0) is 22.3. The SMILES string of the molecule is C[C@H](NC(=O)Cc1ccc(-c2ccc(CN3CCOCC3)cc2F)cn1)C1C=CCCC1. The molecule has 1 fully saturated rings. The van der Waals surface area contributed by atoms with E-state index < -0.39 is 0 Å². The van der Waals surface area contributed by atoms with Gasteiger partial charge in [-0.05, 0) is 49.8 Å². The second kappa shape index (κ2) is 10.8. The molecule has 1 N–H and O–H groups in total. The average Bonchev–Trinajstić information content (AvgIpc) is 2.81. The van der Waals surface area contributed by atoms with E-state index in [0.717, 1.165) is 51.3 Å². The van der Waals surface area contributed by atoms with Crippen LogP contribution in [0.2, 0.25) is 0 Å².